The number of rotatable bonds is 5. The number of sulfonamides is 1. The Labute approximate surface area is 158 Å². The van der Waals surface area contributed by atoms with Crippen LogP contribution in [0.15, 0.2) is 41.4 Å². The predicted molar refractivity (Wildman–Crippen MR) is 100 cm³/mol. The topological polar surface area (TPSA) is 62.3 Å². The highest BCUT2D eigenvalue weighted by atomic mass is 35.5. The second-order valence-electron chi connectivity index (χ2n) is 6.35. The summed E-state index contributed by atoms with van der Waals surface area (Å²) >= 11 is 6.08. The highest BCUT2D eigenvalue weighted by Crippen LogP contribution is 2.28. The van der Waals surface area contributed by atoms with Gasteiger partial charge in [0.1, 0.15) is 16.5 Å². The van der Waals surface area contributed by atoms with Gasteiger partial charge in [-0.05, 0) is 44.0 Å². The van der Waals surface area contributed by atoms with E-state index in [0.29, 0.717) is 29.5 Å². The standard InChI is InChI=1S/C18H21ClFN3O2S/c1-13(18-15(19)6-5-7-16(18)20)22-17-9-8-14(12-21-17)26(24,25)23-10-3-2-4-11-23/h5-9,12-13H,2-4,10-11H2,1H3,(H,21,22). The minimum atomic E-state index is -3.51. The number of nitrogens with one attached hydrogen (secondary N) is 1. The van der Waals surface area contributed by atoms with Crippen molar-refractivity contribution < 1.29 is 12.8 Å². The molecule has 1 aliphatic rings. The Morgan fingerprint density at radius 1 is 1.19 bits per heavy atom. The van der Waals surface area contributed by atoms with E-state index in [4.69, 9.17) is 11.6 Å². The van der Waals surface area contributed by atoms with Gasteiger partial charge in [-0.15, -0.1) is 0 Å². The third kappa shape index (κ3) is 4.00. The molecule has 0 bridgehead atoms. The summed E-state index contributed by atoms with van der Waals surface area (Å²) in [5, 5.41) is 3.38. The van der Waals surface area contributed by atoms with E-state index in [0.717, 1.165) is 19.3 Å². The lowest BCUT2D eigenvalue weighted by Crippen LogP contribution is -2.35. The molecule has 0 radical (unpaired) electrons. The molecular formula is C18H21ClFN3O2S. The van der Waals surface area contributed by atoms with E-state index in [9.17, 15) is 12.8 Å². The first-order chi connectivity index (χ1) is 12.4. The quantitative estimate of drug-likeness (QED) is 0.820. The maximum atomic E-state index is 14.0. The second kappa shape index (κ2) is 7.90. The molecule has 2 heterocycles. The molecule has 1 fully saturated rings. The Morgan fingerprint density at radius 3 is 2.54 bits per heavy atom. The van der Waals surface area contributed by atoms with Crippen molar-refractivity contribution in [3.63, 3.8) is 0 Å². The van der Waals surface area contributed by atoms with Crippen LogP contribution in [0, 0.1) is 5.82 Å². The summed E-state index contributed by atoms with van der Waals surface area (Å²) in [6.07, 6.45) is 4.16. The van der Waals surface area contributed by atoms with Crippen LogP contribution < -0.4 is 5.32 Å². The molecule has 8 heteroatoms. The number of hydrogen-bond donors (Lipinski definition) is 1. The third-order valence-electron chi connectivity index (χ3n) is 4.49. The number of nitrogens with zero attached hydrogens (tertiary/aromatic N) is 2. The fraction of sp³-hybridized carbons (Fsp3) is 0.389. The van der Waals surface area contributed by atoms with Gasteiger partial charge in [0.2, 0.25) is 10.0 Å². The number of halogens is 2. The molecule has 1 aromatic carbocycles. The van der Waals surface area contributed by atoms with Crippen LogP contribution in [0.3, 0.4) is 0 Å². The van der Waals surface area contributed by atoms with Gasteiger partial charge in [0.05, 0.1) is 6.04 Å². The Bertz CT molecular complexity index is 848. The molecule has 26 heavy (non-hydrogen) atoms. The summed E-state index contributed by atoms with van der Waals surface area (Å²) in [7, 11) is -3.51. The van der Waals surface area contributed by atoms with Gasteiger partial charge in [-0.2, -0.15) is 4.31 Å². The number of aromatic nitrogens is 1. The van der Waals surface area contributed by atoms with E-state index < -0.39 is 21.9 Å². The van der Waals surface area contributed by atoms with Crippen LogP contribution in [0.25, 0.3) is 0 Å². The summed E-state index contributed by atoms with van der Waals surface area (Å²) in [6.45, 7) is 2.86. The monoisotopic (exact) mass is 397 g/mol. The van der Waals surface area contributed by atoms with Crippen LogP contribution >= 0.6 is 11.6 Å². The van der Waals surface area contributed by atoms with Crippen LogP contribution in [0.1, 0.15) is 37.8 Å². The highest BCUT2D eigenvalue weighted by Gasteiger charge is 2.26. The van der Waals surface area contributed by atoms with Crippen LogP contribution in [0.4, 0.5) is 10.2 Å². The van der Waals surface area contributed by atoms with E-state index in [1.807, 2.05) is 0 Å². The van der Waals surface area contributed by atoms with Crippen LogP contribution in [0.5, 0.6) is 0 Å². The van der Waals surface area contributed by atoms with Crippen LogP contribution in [0.2, 0.25) is 5.02 Å². The number of piperidine rings is 1. The van der Waals surface area contributed by atoms with Crippen molar-refractivity contribution in [2.45, 2.75) is 37.1 Å². The molecule has 1 aliphatic heterocycles. The van der Waals surface area contributed by atoms with E-state index in [1.165, 1.54) is 22.6 Å². The van der Waals surface area contributed by atoms with Crippen molar-refractivity contribution >= 4 is 27.4 Å². The molecule has 0 spiro atoms. The second-order valence-corrected chi connectivity index (χ2v) is 8.69. The minimum absolute atomic E-state index is 0.168. The zero-order chi connectivity index (χ0) is 18.7. The van der Waals surface area contributed by atoms with Gasteiger partial charge in [0.15, 0.2) is 0 Å². The van der Waals surface area contributed by atoms with Crippen molar-refractivity contribution in [3.05, 3.63) is 52.9 Å². The average Bonchev–Trinajstić information content (AvgIpc) is 2.63. The van der Waals surface area contributed by atoms with Gasteiger partial charge in [0, 0.05) is 29.9 Å². The molecule has 0 amide bonds. The molecule has 1 N–H and O–H groups in total. The number of pyridine rings is 1. The number of anilines is 1. The molecule has 1 atom stereocenters. The zero-order valence-electron chi connectivity index (χ0n) is 14.5. The molecule has 1 saturated heterocycles. The van der Waals surface area contributed by atoms with Gasteiger partial charge in [-0.3, -0.25) is 0 Å². The van der Waals surface area contributed by atoms with Crippen molar-refractivity contribution in [2.75, 3.05) is 18.4 Å². The molecular weight excluding hydrogens is 377 g/mol. The predicted octanol–water partition coefficient (Wildman–Crippen LogP) is 4.22. The van der Waals surface area contributed by atoms with Crippen molar-refractivity contribution in [3.8, 4) is 0 Å². The molecule has 0 saturated carbocycles. The lowest BCUT2D eigenvalue weighted by molar-refractivity contribution is 0.346. The lowest BCUT2D eigenvalue weighted by Gasteiger charge is -2.25. The Morgan fingerprint density at radius 2 is 1.92 bits per heavy atom. The smallest absolute Gasteiger partial charge is 0.244 e. The Hall–Kier alpha value is -1.70. The van der Waals surface area contributed by atoms with Crippen LogP contribution in [-0.2, 0) is 10.0 Å². The summed E-state index contributed by atoms with van der Waals surface area (Å²) in [4.78, 5) is 4.35. The first-order valence-electron chi connectivity index (χ1n) is 8.56. The maximum Gasteiger partial charge on any atom is 0.244 e. The van der Waals surface area contributed by atoms with E-state index in [1.54, 1.807) is 25.1 Å². The minimum Gasteiger partial charge on any atom is -0.363 e. The van der Waals surface area contributed by atoms with Gasteiger partial charge in [-0.25, -0.2) is 17.8 Å². The largest absolute Gasteiger partial charge is 0.363 e. The molecule has 2 aromatic rings. The van der Waals surface area contributed by atoms with Gasteiger partial charge in [-0.1, -0.05) is 24.1 Å². The first-order valence-corrected chi connectivity index (χ1v) is 10.4. The molecule has 1 aromatic heterocycles. The fourth-order valence-corrected chi connectivity index (χ4v) is 4.88. The molecule has 140 valence electrons. The molecule has 1 unspecified atom stereocenters. The maximum absolute atomic E-state index is 14.0. The Kier molecular flexibility index (Phi) is 5.79. The fourth-order valence-electron chi connectivity index (χ4n) is 3.09. The van der Waals surface area contributed by atoms with E-state index >= 15 is 0 Å². The lowest BCUT2D eigenvalue weighted by atomic mass is 10.1. The molecule has 3 rings (SSSR count). The molecule has 5 nitrogen and oxygen atoms in total. The average molecular weight is 398 g/mol. The third-order valence-corrected chi connectivity index (χ3v) is 6.70. The summed E-state index contributed by atoms with van der Waals surface area (Å²) < 4.78 is 40.8. The summed E-state index contributed by atoms with van der Waals surface area (Å²) in [6, 6.07) is 7.21. The van der Waals surface area contributed by atoms with Crippen molar-refractivity contribution in [1.29, 1.82) is 0 Å². The summed E-state index contributed by atoms with van der Waals surface area (Å²) in [5.74, 6) is 0.0520. The van der Waals surface area contributed by atoms with Crippen molar-refractivity contribution in [2.24, 2.45) is 0 Å². The van der Waals surface area contributed by atoms with Gasteiger partial charge >= 0.3 is 0 Å². The van der Waals surface area contributed by atoms with Gasteiger partial charge in [0.25, 0.3) is 0 Å². The van der Waals surface area contributed by atoms with Crippen LogP contribution in [-0.4, -0.2) is 30.8 Å². The van der Waals surface area contributed by atoms with Gasteiger partial charge < -0.3 is 5.32 Å². The number of benzene rings is 1. The highest BCUT2D eigenvalue weighted by molar-refractivity contribution is 7.89. The zero-order valence-corrected chi connectivity index (χ0v) is 16.0. The SMILES string of the molecule is CC(Nc1ccc(S(=O)(=O)N2CCCCC2)cn1)c1c(F)cccc1Cl. The van der Waals surface area contributed by atoms with E-state index in [-0.39, 0.29) is 4.90 Å². The van der Waals surface area contributed by atoms with E-state index in [2.05, 4.69) is 10.3 Å². The first kappa shape index (κ1) is 19.1. The van der Waals surface area contributed by atoms with Crippen molar-refractivity contribution in [1.82, 2.24) is 9.29 Å². The number of hydrogen-bond acceptors (Lipinski definition) is 4. The Balaban J connectivity index is 1.75. The molecule has 0 aliphatic carbocycles. The summed E-state index contributed by atoms with van der Waals surface area (Å²) in [5.41, 5.74) is 0.348. The normalized spacial score (nSPS) is 17.0.